The number of nitrogens with one attached hydrogen (secondary N) is 2. The molecule has 4 aromatic rings. The molecule has 5 heterocycles. The molecule has 6 amide bonds. The average Bonchev–Trinajstić information content (AvgIpc) is 3.88. The highest BCUT2D eigenvalue weighted by Gasteiger charge is 2.36. The van der Waals surface area contributed by atoms with Crippen LogP contribution < -0.4 is 15.5 Å². The van der Waals surface area contributed by atoms with Crippen molar-refractivity contribution in [3.05, 3.63) is 77.1 Å². The first-order valence-corrected chi connectivity index (χ1v) is 20.4. The number of imide groups is 2. The summed E-state index contributed by atoms with van der Waals surface area (Å²) in [4.78, 5) is 93.9. The molecule has 1 unspecified atom stereocenters. The van der Waals surface area contributed by atoms with E-state index in [1.54, 1.807) is 31.3 Å². The van der Waals surface area contributed by atoms with Gasteiger partial charge in [-0.05, 0) is 80.3 Å². The molecule has 3 saturated heterocycles. The van der Waals surface area contributed by atoms with E-state index >= 15 is 0 Å². The lowest BCUT2D eigenvalue weighted by molar-refractivity contribution is -0.139. The molecular formula is C43H50N10O6. The predicted molar refractivity (Wildman–Crippen MR) is 220 cm³/mol. The fraction of sp³-hybridized carbons (Fsp3) is 0.442. The molecule has 2 aromatic carbocycles. The first kappa shape index (κ1) is 39.7. The van der Waals surface area contributed by atoms with Crippen LogP contribution in [-0.4, -0.2) is 136 Å². The van der Waals surface area contributed by atoms with Gasteiger partial charge >= 0.3 is 0 Å². The van der Waals surface area contributed by atoms with Gasteiger partial charge in [-0.25, -0.2) is 4.98 Å². The van der Waals surface area contributed by atoms with Crippen LogP contribution in [-0.2, 0) is 14.4 Å². The maximum atomic E-state index is 13.4. The van der Waals surface area contributed by atoms with E-state index in [4.69, 9.17) is 4.98 Å². The van der Waals surface area contributed by atoms with Crippen LogP contribution in [0.2, 0.25) is 0 Å². The van der Waals surface area contributed by atoms with E-state index in [-0.39, 0.29) is 30.7 Å². The van der Waals surface area contributed by atoms with Gasteiger partial charge in [0.1, 0.15) is 17.4 Å². The van der Waals surface area contributed by atoms with Gasteiger partial charge in [-0.15, -0.1) is 0 Å². The zero-order valence-electron chi connectivity index (χ0n) is 33.7. The van der Waals surface area contributed by atoms with E-state index in [0.29, 0.717) is 53.8 Å². The number of benzene rings is 2. The Morgan fingerprint density at radius 3 is 2.32 bits per heavy atom. The molecule has 0 bridgehead atoms. The van der Waals surface area contributed by atoms with Crippen molar-refractivity contribution < 1.29 is 28.8 Å². The molecule has 16 heteroatoms. The Hall–Kier alpha value is -6.16. The van der Waals surface area contributed by atoms with Gasteiger partial charge < -0.3 is 24.6 Å². The molecule has 1 aliphatic carbocycles. The van der Waals surface area contributed by atoms with Crippen molar-refractivity contribution in [3.63, 3.8) is 0 Å². The summed E-state index contributed by atoms with van der Waals surface area (Å²) >= 11 is 0. The summed E-state index contributed by atoms with van der Waals surface area (Å²) in [6, 6.07) is 14.0. The van der Waals surface area contributed by atoms with Crippen LogP contribution in [0.25, 0.3) is 11.0 Å². The summed E-state index contributed by atoms with van der Waals surface area (Å²) in [5.74, 6) is -0.834. The average molecular weight is 803 g/mol. The van der Waals surface area contributed by atoms with E-state index in [2.05, 4.69) is 30.0 Å². The van der Waals surface area contributed by atoms with Crippen molar-refractivity contribution in [2.75, 3.05) is 70.1 Å². The number of piperidine rings is 1. The number of aromatic nitrogens is 3. The number of carbonyl (C=O) groups is 6. The Morgan fingerprint density at radius 2 is 1.66 bits per heavy atom. The fourth-order valence-corrected chi connectivity index (χ4v) is 8.84. The summed E-state index contributed by atoms with van der Waals surface area (Å²) in [5, 5.41) is 6.32. The van der Waals surface area contributed by atoms with Crippen molar-refractivity contribution >= 4 is 64.3 Å². The van der Waals surface area contributed by atoms with Crippen LogP contribution in [0.1, 0.15) is 81.3 Å². The number of likely N-dealkylation sites (tertiary alicyclic amines) is 1. The van der Waals surface area contributed by atoms with Gasteiger partial charge in [-0.2, -0.15) is 4.98 Å². The summed E-state index contributed by atoms with van der Waals surface area (Å²) in [7, 11) is 3.52. The third-order valence-electron chi connectivity index (χ3n) is 12.1. The standard InChI is InChI=1S/C43H50N10O6/c1-27-20-33(12-13-34(27)41(58)52(26-54)35-14-15-37(55)46-39(35)56)50-18-16-49(17-19-50)23-28-24-51(25-28)40(57)29-8-10-31(11-9-29)45-43-44-22-30-21-36(42(59)48(2)3)53(38(30)47-43)32-6-4-5-7-32/h8-13,20-22,26,28,32,35H,4-7,14-19,23-25H2,1-3H3,(H,44,45,47)(H,46,55,56). The van der Waals surface area contributed by atoms with E-state index in [9.17, 15) is 28.8 Å². The monoisotopic (exact) mass is 802 g/mol. The van der Waals surface area contributed by atoms with Gasteiger partial charge in [0, 0.05) is 112 Å². The first-order chi connectivity index (χ1) is 28.5. The molecule has 1 saturated carbocycles. The maximum absolute atomic E-state index is 13.4. The molecule has 1 atom stereocenters. The largest absolute Gasteiger partial charge is 0.369 e. The molecule has 4 aliphatic rings. The van der Waals surface area contributed by atoms with Crippen molar-refractivity contribution in [1.82, 2.24) is 39.5 Å². The molecule has 3 aliphatic heterocycles. The zero-order chi connectivity index (χ0) is 41.4. The maximum Gasteiger partial charge on any atom is 0.270 e. The van der Waals surface area contributed by atoms with E-state index in [1.165, 1.54) is 0 Å². The molecule has 2 aromatic heterocycles. The lowest BCUT2D eigenvalue weighted by Gasteiger charge is -2.44. The van der Waals surface area contributed by atoms with E-state index < -0.39 is 23.8 Å². The molecule has 59 heavy (non-hydrogen) atoms. The van der Waals surface area contributed by atoms with Crippen LogP contribution in [0.15, 0.2) is 54.7 Å². The SMILES string of the molecule is Cc1cc(N2CCN(CC3CN(C(=O)c4ccc(Nc5ncc6cc(C(=O)N(C)C)n(C7CCCC7)c6n5)cc4)C3)CC2)ccc1C(=O)N(C=O)C1CCC(=O)NC1=O. The number of nitrogens with zero attached hydrogens (tertiary/aromatic N) is 8. The van der Waals surface area contributed by atoms with E-state index in [0.717, 1.165) is 85.7 Å². The minimum atomic E-state index is -1.01. The number of aryl methyl sites for hydroxylation is 1. The third-order valence-corrected chi connectivity index (χ3v) is 12.1. The van der Waals surface area contributed by atoms with Crippen LogP contribution in [0.3, 0.4) is 0 Å². The highest BCUT2D eigenvalue weighted by molar-refractivity contribution is 6.07. The quantitative estimate of drug-likeness (QED) is 0.168. The smallest absolute Gasteiger partial charge is 0.270 e. The Bertz CT molecular complexity index is 2290. The van der Waals surface area contributed by atoms with Gasteiger partial charge in [0.15, 0.2) is 0 Å². The number of rotatable bonds is 11. The summed E-state index contributed by atoms with van der Waals surface area (Å²) in [6.07, 6.45) is 6.59. The Morgan fingerprint density at radius 1 is 0.932 bits per heavy atom. The summed E-state index contributed by atoms with van der Waals surface area (Å²) < 4.78 is 2.09. The number of amides is 6. The number of hydrogen-bond donors (Lipinski definition) is 2. The number of carbonyl (C=O) groups excluding carboxylic acids is 6. The highest BCUT2D eigenvalue weighted by atomic mass is 16.2. The van der Waals surface area contributed by atoms with E-state index in [1.807, 2.05) is 54.3 Å². The molecular weight excluding hydrogens is 753 g/mol. The number of piperazine rings is 1. The van der Waals surface area contributed by atoms with Crippen molar-refractivity contribution in [2.24, 2.45) is 5.92 Å². The predicted octanol–water partition coefficient (Wildman–Crippen LogP) is 3.60. The third kappa shape index (κ3) is 8.13. The van der Waals surface area contributed by atoms with Crippen LogP contribution >= 0.6 is 0 Å². The minimum absolute atomic E-state index is 0.00781. The number of anilines is 3. The zero-order valence-corrected chi connectivity index (χ0v) is 33.7. The van der Waals surface area contributed by atoms with Gasteiger partial charge in [-0.3, -0.25) is 43.9 Å². The highest BCUT2D eigenvalue weighted by Crippen LogP contribution is 2.35. The topological polar surface area (TPSA) is 173 Å². The minimum Gasteiger partial charge on any atom is -0.369 e. The molecule has 8 rings (SSSR count). The summed E-state index contributed by atoms with van der Waals surface area (Å²) in [6.45, 7) is 7.48. The van der Waals surface area contributed by atoms with Gasteiger partial charge in [0.25, 0.3) is 17.7 Å². The number of fused-ring (bicyclic) bond motifs is 1. The van der Waals surface area contributed by atoms with Crippen molar-refractivity contribution in [2.45, 2.75) is 57.5 Å². The second kappa shape index (κ2) is 16.6. The van der Waals surface area contributed by atoms with Crippen LogP contribution in [0.5, 0.6) is 0 Å². The fourth-order valence-electron chi connectivity index (χ4n) is 8.84. The molecule has 0 radical (unpaired) electrons. The Balaban J connectivity index is 0.810. The normalized spacial score (nSPS) is 19.1. The van der Waals surface area contributed by atoms with Crippen LogP contribution in [0, 0.1) is 12.8 Å². The molecule has 4 fully saturated rings. The Kier molecular flexibility index (Phi) is 11.2. The molecule has 2 N–H and O–H groups in total. The lowest BCUT2D eigenvalue weighted by atomic mass is 9.97. The van der Waals surface area contributed by atoms with Gasteiger partial charge in [0.05, 0.1) is 0 Å². The molecule has 308 valence electrons. The molecule has 0 spiro atoms. The van der Waals surface area contributed by atoms with Crippen molar-refractivity contribution in [3.8, 4) is 0 Å². The van der Waals surface area contributed by atoms with Gasteiger partial charge in [0.2, 0.25) is 24.2 Å². The molecule has 16 nitrogen and oxygen atoms in total. The second-order valence-corrected chi connectivity index (χ2v) is 16.4. The van der Waals surface area contributed by atoms with Gasteiger partial charge in [-0.1, -0.05) is 12.8 Å². The number of hydrogen-bond acceptors (Lipinski definition) is 11. The first-order valence-electron chi connectivity index (χ1n) is 20.4. The lowest BCUT2D eigenvalue weighted by Crippen LogP contribution is -2.56. The van der Waals surface area contributed by atoms with Crippen LogP contribution in [0.4, 0.5) is 17.3 Å². The Labute approximate surface area is 342 Å². The second-order valence-electron chi connectivity index (χ2n) is 16.4. The van der Waals surface area contributed by atoms with Crippen molar-refractivity contribution in [1.29, 1.82) is 0 Å². The summed E-state index contributed by atoms with van der Waals surface area (Å²) in [5.41, 5.74) is 4.78.